The summed E-state index contributed by atoms with van der Waals surface area (Å²) in [6.07, 6.45) is 1.75. The molecule has 1 fully saturated rings. The van der Waals surface area contributed by atoms with Gasteiger partial charge in [0.05, 0.1) is 4.90 Å². The molecule has 1 aromatic heterocycles. The predicted molar refractivity (Wildman–Crippen MR) is 96.4 cm³/mol. The zero-order valence-electron chi connectivity index (χ0n) is 13.9. The largest absolute Gasteiger partial charge is 0.423 e. The lowest BCUT2D eigenvalue weighted by atomic mass is 10.2. The molecule has 0 atom stereocenters. The Hall–Kier alpha value is -2.71. The molecule has 0 saturated carbocycles. The molecule has 2 aromatic carbocycles. The number of carbonyl (C=O) groups is 1. The average molecular weight is 371 g/mol. The van der Waals surface area contributed by atoms with Crippen LogP contribution in [0.2, 0.25) is 0 Å². The van der Waals surface area contributed by atoms with Crippen molar-refractivity contribution in [3.8, 4) is 0 Å². The Balaban J connectivity index is 1.61. The van der Waals surface area contributed by atoms with Crippen molar-refractivity contribution < 1.29 is 17.6 Å². The van der Waals surface area contributed by atoms with Gasteiger partial charge in [-0.05, 0) is 43.2 Å². The molecule has 134 valence electrons. The smallest absolute Gasteiger partial charge is 0.302 e. The number of aromatic nitrogens is 1. The van der Waals surface area contributed by atoms with Gasteiger partial charge in [-0.15, -0.1) is 0 Å². The van der Waals surface area contributed by atoms with E-state index in [0.717, 1.165) is 12.8 Å². The van der Waals surface area contributed by atoms with Crippen LogP contribution >= 0.6 is 0 Å². The molecule has 2 heterocycles. The number of oxazole rings is 1. The fraction of sp³-hybridized carbons (Fsp3) is 0.222. The number of nitrogens with zero attached hydrogens (tertiary/aromatic N) is 2. The van der Waals surface area contributed by atoms with Gasteiger partial charge >= 0.3 is 6.01 Å². The SMILES string of the molecule is O=C(Nc1nc2cc(S(=O)(=O)N3CCCC3)ccc2o1)c1ccccc1. The van der Waals surface area contributed by atoms with E-state index in [2.05, 4.69) is 10.3 Å². The molecule has 1 amide bonds. The van der Waals surface area contributed by atoms with E-state index in [0.29, 0.717) is 29.8 Å². The third-order valence-corrected chi connectivity index (χ3v) is 6.21. The first-order valence-corrected chi connectivity index (χ1v) is 9.75. The molecule has 26 heavy (non-hydrogen) atoms. The van der Waals surface area contributed by atoms with E-state index >= 15 is 0 Å². The number of carbonyl (C=O) groups excluding carboxylic acids is 1. The fourth-order valence-corrected chi connectivity index (χ4v) is 4.50. The van der Waals surface area contributed by atoms with Crippen molar-refractivity contribution in [2.75, 3.05) is 18.4 Å². The van der Waals surface area contributed by atoms with Crippen LogP contribution in [0.3, 0.4) is 0 Å². The quantitative estimate of drug-likeness (QED) is 0.761. The highest BCUT2D eigenvalue weighted by molar-refractivity contribution is 7.89. The molecule has 1 N–H and O–H groups in total. The van der Waals surface area contributed by atoms with Crippen molar-refractivity contribution in [3.63, 3.8) is 0 Å². The van der Waals surface area contributed by atoms with Crippen LogP contribution in [0.1, 0.15) is 23.2 Å². The van der Waals surface area contributed by atoms with E-state index < -0.39 is 10.0 Å². The Kier molecular flexibility index (Phi) is 4.21. The second-order valence-corrected chi connectivity index (χ2v) is 8.02. The van der Waals surface area contributed by atoms with Crippen LogP contribution in [0, 0.1) is 0 Å². The van der Waals surface area contributed by atoms with E-state index in [1.54, 1.807) is 30.3 Å². The summed E-state index contributed by atoms with van der Waals surface area (Å²) in [5.41, 5.74) is 1.27. The maximum Gasteiger partial charge on any atom is 0.302 e. The third kappa shape index (κ3) is 3.09. The monoisotopic (exact) mass is 371 g/mol. The minimum atomic E-state index is -3.52. The Bertz CT molecular complexity index is 1050. The number of anilines is 1. The van der Waals surface area contributed by atoms with Gasteiger partial charge in [0.15, 0.2) is 5.58 Å². The van der Waals surface area contributed by atoms with Crippen molar-refractivity contribution in [1.29, 1.82) is 0 Å². The Morgan fingerprint density at radius 2 is 1.81 bits per heavy atom. The molecule has 4 rings (SSSR count). The summed E-state index contributed by atoms with van der Waals surface area (Å²) < 4.78 is 32.3. The lowest BCUT2D eigenvalue weighted by Crippen LogP contribution is -2.27. The standard InChI is InChI=1S/C18H17N3O4S/c22-17(13-6-2-1-3-7-13)20-18-19-15-12-14(8-9-16(15)25-18)26(23,24)21-10-4-5-11-21/h1-3,6-9,12H,4-5,10-11H2,(H,19,20,22). The van der Waals surface area contributed by atoms with Gasteiger partial charge < -0.3 is 4.42 Å². The highest BCUT2D eigenvalue weighted by Crippen LogP contribution is 2.26. The molecule has 0 unspecified atom stereocenters. The molecule has 1 saturated heterocycles. The normalized spacial score (nSPS) is 15.4. The van der Waals surface area contributed by atoms with Gasteiger partial charge in [-0.1, -0.05) is 18.2 Å². The van der Waals surface area contributed by atoms with E-state index in [1.807, 2.05) is 6.07 Å². The number of hydrogen-bond donors (Lipinski definition) is 1. The molecule has 0 bridgehead atoms. The van der Waals surface area contributed by atoms with Gasteiger partial charge in [0.1, 0.15) is 5.52 Å². The first-order valence-electron chi connectivity index (χ1n) is 8.31. The first-order chi connectivity index (χ1) is 12.5. The lowest BCUT2D eigenvalue weighted by molar-refractivity contribution is 0.102. The zero-order valence-corrected chi connectivity index (χ0v) is 14.7. The second kappa shape index (κ2) is 6.54. The van der Waals surface area contributed by atoms with Gasteiger partial charge in [-0.2, -0.15) is 9.29 Å². The van der Waals surface area contributed by atoms with E-state index in [4.69, 9.17) is 4.42 Å². The molecular formula is C18H17N3O4S. The fourth-order valence-electron chi connectivity index (χ4n) is 2.96. The lowest BCUT2D eigenvalue weighted by Gasteiger charge is -2.14. The molecule has 1 aliphatic heterocycles. The Morgan fingerprint density at radius 1 is 1.08 bits per heavy atom. The zero-order chi connectivity index (χ0) is 18.1. The van der Waals surface area contributed by atoms with Crippen molar-refractivity contribution in [2.24, 2.45) is 0 Å². The van der Waals surface area contributed by atoms with E-state index in [9.17, 15) is 13.2 Å². The topological polar surface area (TPSA) is 92.5 Å². The van der Waals surface area contributed by atoms with Gasteiger partial charge in [-0.3, -0.25) is 10.1 Å². The number of fused-ring (bicyclic) bond motifs is 1. The summed E-state index contributed by atoms with van der Waals surface area (Å²) in [5.74, 6) is -0.345. The highest BCUT2D eigenvalue weighted by Gasteiger charge is 2.27. The predicted octanol–water partition coefficient (Wildman–Crippen LogP) is 2.86. The van der Waals surface area contributed by atoms with Crippen LogP contribution < -0.4 is 5.32 Å². The van der Waals surface area contributed by atoms with Gasteiger partial charge in [0.25, 0.3) is 5.91 Å². The summed E-state index contributed by atoms with van der Waals surface area (Å²) in [6.45, 7) is 1.08. The summed E-state index contributed by atoms with van der Waals surface area (Å²) in [7, 11) is -3.52. The van der Waals surface area contributed by atoms with Gasteiger partial charge in [0.2, 0.25) is 10.0 Å². The van der Waals surface area contributed by atoms with Crippen molar-refractivity contribution in [3.05, 3.63) is 54.1 Å². The summed E-state index contributed by atoms with van der Waals surface area (Å²) in [4.78, 5) is 16.6. The number of nitrogens with one attached hydrogen (secondary N) is 1. The molecular weight excluding hydrogens is 354 g/mol. The van der Waals surface area contributed by atoms with Crippen LogP contribution in [0.15, 0.2) is 57.8 Å². The molecule has 1 aliphatic rings. The minimum absolute atomic E-state index is 0.0320. The average Bonchev–Trinajstić information content (AvgIpc) is 3.31. The molecule has 3 aromatic rings. The summed E-state index contributed by atoms with van der Waals surface area (Å²) in [5, 5.41) is 2.58. The van der Waals surface area contributed by atoms with E-state index in [1.165, 1.54) is 16.4 Å². The van der Waals surface area contributed by atoms with Crippen molar-refractivity contribution in [2.45, 2.75) is 17.7 Å². The molecule has 8 heteroatoms. The summed E-state index contributed by atoms with van der Waals surface area (Å²) in [6, 6.07) is 13.3. The molecule has 7 nitrogen and oxygen atoms in total. The Labute approximate surface area is 150 Å². The summed E-state index contributed by atoms with van der Waals surface area (Å²) >= 11 is 0. The maximum absolute atomic E-state index is 12.6. The Morgan fingerprint density at radius 3 is 2.54 bits per heavy atom. The molecule has 0 aliphatic carbocycles. The number of amides is 1. The second-order valence-electron chi connectivity index (χ2n) is 6.08. The van der Waals surface area contributed by atoms with Crippen LogP contribution in [-0.4, -0.2) is 36.7 Å². The van der Waals surface area contributed by atoms with Crippen LogP contribution in [-0.2, 0) is 10.0 Å². The highest BCUT2D eigenvalue weighted by atomic mass is 32.2. The number of hydrogen-bond acceptors (Lipinski definition) is 5. The van der Waals surface area contributed by atoms with Crippen LogP contribution in [0.4, 0.5) is 6.01 Å². The van der Waals surface area contributed by atoms with E-state index in [-0.39, 0.29) is 16.8 Å². The van der Waals surface area contributed by atoms with Crippen LogP contribution in [0.5, 0.6) is 0 Å². The number of rotatable bonds is 4. The molecule has 0 spiro atoms. The van der Waals surface area contributed by atoms with Crippen molar-refractivity contribution >= 4 is 33.0 Å². The maximum atomic E-state index is 12.6. The number of benzene rings is 2. The van der Waals surface area contributed by atoms with Gasteiger partial charge in [-0.25, -0.2) is 8.42 Å². The molecule has 0 radical (unpaired) electrons. The minimum Gasteiger partial charge on any atom is -0.423 e. The third-order valence-electron chi connectivity index (χ3n) is 4.32. The first kappa shape index (κ1) is 16.7. The van der Waals surface area contributed by atoms with Crippen molar-refractivity contribution in [1.82, 2.24) is 9.29 Å². The number of sulfonamides is 1. The van der Waals surface area contributed by atoms with Crippen LogP contribution in [0.25, 0.3) is 11.1 Å². The van der Waals surface area contributed by atoms with Gasteiger partial charge in [0, 0.05) is 18.7 Å².